The number of benzene rings is 3. The van der Waals surface area contributed by atoms with Crippen LogP contribution in [0.4, 0.5) is 8.78 Å². The van der Waals surface area contributed by atoms with E-state index < -0.39 is 29.1 Å². The Kier molecular flexibility index (Phi) is 7.37. The number of amides is 1. The highest BCUT2D eigenvalue weighted by molar-refractivity contribution is 5.94. The van der Waals surface area contributed by atoms with Crippen molar-refractivity contribution in [3.05, 3.63) is 112 Å². The summed E-state index contributed by atoms with van der Waals surface area (Å²) in [4.78, 5) is 34.1. The Morgan fingerprint density at radius 2 is 1.62 bits per heavy atom. The summed E-state index contributed by atoms with van der Waals surface area (Å²) in [7, 11) is 1.57. The standard InChI is InChI=1S/C17H11F2NO3.C8H9NO2/c18-14-4-1-10(7-15(14)19)9-20-6-5-11-2-3-12(17(22)23)8-13(11)16(20)21;1-11-7-4-2-6(3-5-7)8(9)10/h1-8H,9H2,(H,22,23);2-5H,1H3,(H2,9,10). The number of ether oxygens (including phenoxy) is 1. The number of hydrogen-bond donors (Lipinski definition) is 2. The fraction of sp³-hybridized carbons (Fsp3) is 0.0800. The van der Waals surface area contributed by atoms with Crippen LogP contribution in [0, 0.1) is 11.6 Å². The van der Waals surface area contributed by atoms with E-state index in [1.54, 1.807) is 43.5 Å². The van der Waals surface area contributed by atoms with Gasteiger partial charge in [-0.05, 0) is 65.5 Å². The van der Waals surface area contributed by atoms with E-state index in [9.17, 15) is 23.2 Å². The summed E-state index contributed by atoms with van der Waals surface area (Å²) < 4.78 is 32.4. The molecule has 1 heterocycles. The predicted molar refractivity (Wildman–Crippen MR) is 122 cm³/mol. The number of carboxylic acid groups (broad SMARTS) is 1. The van der Waals surface area contributed by atoms with Crippen LogP contribution in [0.1, 0.15) is 26.3 Å². The number of nitrogens with two attached hydrogens (primary N) is 1. The SMILES string of the molecule is COc1ccc(C(N)=O)cc1.O=C(O)c1ccc2ccn(Cc3ccc(F)c(F)c3)c(=O)c2c1. The average molecular weight is 466 g/mol. The van der Waals surface area contributed by atoms with Crippen LogP contribution < -0.4 is 16.0 Å². The Morgan fingerprint density at radius 3 is 2.21 bits per heavy atom. The summed E-state index contributed by atoms with van der Waals surface area (Å²) in [6.45, 7) is 0.0588. The van der Waals surface area contributed by atoms with Gasteiger partial charge in [-0.15, -0.1) is 0 Å². The highest BCUT2D eigenvalue weighted by Crippen LogP contribution is 2.14. The van der Waals surface area contributed by atoms with Gasteiger partial charge in [0, 0.05) is 17.1 Å². The topological polar surface area (TPSA) is 112 Å². The lowest BCUT2D eigenvalue weighted by molar-refractivity contribution is 0.0696. The van der Waals surface area contributed by atoms with Gasteiger partial charge in [0.25, 0.3) is 5.56 Å². The van der Waals surface area contributed by atoms with Crippen molar-refractivity contribution in [1.29, 1.82) is 0 Å². The third kappa shape index (κ3) is 5.63. The molecule has 0 radical (unpaired) electrons. The smallest absolute Gasteiger partial charge is 0.335 e. The maximum atomic E-state index is 13.2. The number of hydrogen-bond acceptors (Lipinski definition) is 4. The lowest BCUT2D eigenvalue weighted by Gasteiger charge is -2.08. The van der Waals surface area contributed by atoms with E-state index in [1.165, 1.54) is 29.0 Å². The lowest BCUT2D eigenvalue weighted by Crippen LogP contribution is -2.20. The fourth-order valence-electron chi connectivity index (χ4n) is 3.13. The number of carbonyl (C=O) groups is 2. The molecule has 3 N–H and O–H groups in total. The van der Waals surface area contributed by atoms with E-state index >= 15 is 0 Å². The molecule has 0 fully saturated rings. The number of fused-ring (bicyclic) bond motifs is 1. The molecule has 174 valence electrons. The zero-order valence-electron chi connectivity index (χ0n) is 18.0. The van der Waals surface area contributed by atoms with E-state index in [1.807, 2.05) is 0 Å². The van der Waals surface area contributed by atoms with Gasteiger partial charge in [-0.2, -0.15) is 0 Å². The maximum Gasteiger partial charge on any atom is 0.335 e. The monoisotopic (exact) mass is 466 g/mol. The first-order chi connectivity index (χ1) is 16.2. The molecule has 34 heavy (non-hydrogen) atoms. The van der Waals surface area contributed by atoms with Gasteiger partial charge in [0.1, 0.15) is 5.75 Å². The number of halogens is 2. The minimum Gasteiger partial charge on any atom is -0.497 e. The quantitative estimate of drug-likeness (QED) is 0.465. The van der Waals surface area contributed by atoms with Crippen LogP contribution in [0.2, 0.25) is 0 Å². The number of methoxy groups -OCH3 is 1. The summed E-state index contributed by atoms with van der Waals surface area (Å²) >= 11 is 0. The van der Waals surface area contributed by atoms with Crippen molar-refractivity contribution >= 4 is 22.6 Å². The minimum absolute atomic E-state index is 0.0141. The van der Waals surface area contributed by atoms with Crippen molar-refractivity contribution < 1.29 is 28.2 Å². The molecule has 3 aromatic carbocycles. The minimum atomic E-state index is -1.12. The molecule has 0 aliphatic carbocycles. The summed E-state index contributed by atoms with van der Waals surface area (Å²) in [5.74, 6) is -2.76. The van der Waals surface area contributed by atoms with Crippen molar-refractivity contribution in [1.82, 2.24) is 4.57 Å². The molecule has 4 aromatic rings. The molecule has 0 bridgehead atoms. The van der Waals surface area contributed by atoms with Crippen molar-refractivity contribution in [2.24, 2.45) is 5.73 Å². The Balaban J connectivity index is 0.000000248. The normalized spacial score (nSPS) is 10.3. The molecule has 0 spiro atoms. The highest BCUT2D eigenvalue weighted by atomic mass is 19.2. The summed E-state index contributed by atoms with van der Waals surface area (Å²) in [5.41, 5.74) is 5.57. The molecule has 0 saturated heterocycles. The van der Waals surface area contributed by atoms with Crippen LogP contribution in [0.5, 0.6) is 5.75 Å². The van der Waals surface area contributed by atoms with Gasteiger partial charge in [-0.3, -0.25) is 9.59 Å². The van der Waals surface area contributed by atoms with Gasteiger partial charge in [0.2, 0.25) is 5.91 Å². The van der Waals surface area contributed by atoms with Crippen molar-refractivity contribution in [3.8, 4) is 5.75 Å². The number of nitrogens with zero attached hydrogens (tertiary/aromatic N) is 1. The second kappa shape index (κ2) is 10.4. The summed E-state index contributed by atoms with van der Waals surface area (Å²) in [6.07, 6.45) is 1.53. The Bertz CT molecular complexity index is 1420. The zero-order valence-corrected chi connectivity index (χ0v) is 18.0. The number of carbonyl (C=O) groups excluding carboxylic acids is 1. The molecule has 7 nitrogen and oxygen atoms in total. The molecule has 9 heteroatoms. The van der Waals surface area contributed by atoms with Crippen molar-refractivity contribution in [3.63, 3.8) is 0 Å². The molecule has 1 amide bonds. The third-order valence-corrected chi connectivity index (χ3v) is 4.94. The number of aromatic carboxylic acids is 1. The zero-order chi connectivity index (χ0) is 24.8. The molecule has 0 saturated carbocycles. The van der Waals surface area contributed by atoms with Crippen molar-refractivity contribution in [2.75, 3.05) is 7.11 Å². The van der Waals surface area contributed by atoms with Gasteiger partial charge in [-0.1, -0.05) is 12.1 Å². The lowest BCUT2D eigenvalue weighted by atomic mass is 10.1. The van der Waals surface area contributed by atoms with Crippen LogP contribution in [-0.4, -0.2) is 28.7 Å². The highest BCUT2D eigenvalue weighted by Gasteiger charge is 2.09. The van der Waals surface area contributed by atoms with Crippen LogP contribution in [-0.2, 0) is 6.54 Å². The number of primary amides is 1. The molecule has 0 aliphatic rings. The molecule has 0 unspecified atom stereocenters. The van der Waals surface area contributed by atoms with E-state index in [0.29, 0.717) is 16.5 Å². The first-order valence-electron chi connectivity index (χ1n) is 9.94. The van der Waals surface area contributed by atoms with Crippen LogP contribution in [0.25, 0.3) is 10.8 Å². The van der Waals surface area contributed by atoms with Gasteiger partial charge >= 0.3 is 5.97 Å². The predicted octanol–water partition coefficient (Wildman–Crippen LogP) is 3.82. The van der Waals surface area contributed by atoms with Gasteiger partial charge < -0.3 is 20.1 Å². The number of rotatable bonds is 5. The second-order valence-electron chi connectivity index (χ2n) is 7.20. The van der Waals surface area contributed by atoms with Crippen LogP contribution in [0.3, 0.4) is 0 Å². The number of aromatic nitrogens is 1. The van der Waals surface area contributed by atoms with E-state index in [-0.39, 0.29) is 17.5 Å². The first-order valence-corrected chi connectivity index (χ1v) is 9.94. The van der Waals surface area contributed by atoms with Gasteiger partial charge in [-0.25, -0.2) is 13.6 Å². The number of carboxylic acids is 1. The van der Waals surface area contributed by atoms with E-state index in [2.05, 4.69) is 0 Å². The van der Waals surface area contributed by atoms with Gasteiger partial charge in [0.15, 0.2) is 11.6 Å². The average Bonchev–Trinajstić information content (AvgIpc) is 2.83. The fourth-order valence-corrected chi connectivity index (χ4v) is 3.13. The Labute approximate surface area is 192 Å². The van der Waals surface area contributed by atoms with Gasteiger partial charge in [0.05, 0.1) is 19.2 Å². The molecule has 0 aliphatic heterocycles. The molecule has 0 atom stereocenters. The summed E-state index contributed by atoms with van der Waals surface area (Å²) in [6, 6.07) is 16.0. The molecule has 4 rings (SSSR count). The van der Waals surface area contributed by atoms with E-state index in [0.717, 1.165) is 17.9 Å². The first kappa shape index (κ1) is 24.1. The second-order valence-corrected chi connectivity index (χ2v) is 7.20. The molecular weight excluding hydrogens is 446 g/mol. The Hall–Kier alpha value is -4.53. The summed E-state index contributed by atoms with van der Waals surface area (Å²) in [5, 5.41) is 9.88. The molecular formula is C25H20F2N2O5. The Morgan fingerprint density at radius 1 is 0.941 bits per heavy atom. The number of pyridine rings is 1. The van der Waals surface area contributed by atoms with Crippen molar-refractivity contribution in [2.45, 2.75) is 6.54 Å². The third-order valence-electron chi connectivity index (χ3n) is 4.94. The van der Waals surface area contributed by atoms with Crippen LogP contribution >= 0.6 is 0 Å². The molecule has 1 aromatic heterocycles. The van der Waals surface area contributed by atoms with Crippen LogP contribution in [0.15, 0.2) is 77.7 Å². The largest absolute Gasteiger partial charge is 0.497 e. The van der Waals surface area contributed by atoms with E-state index in [4.69, 9.17) is 15.6 Å². The maximum absolute atomic E-state index is 13.2.